The van der Waals surface area contributed by atoms with Crippen LogP contribution in [0.1, 0.15) is 22.0 Å². The molecule has 9 nitrogen and oxygen atoms in total. The lowest BCUT2D eigenvalue weighted by molar-refractivity contribution is -0.384. The van der Waals surface area contributed by atoms with Crippen LogP contribution >= 0.6 is 11.6 Å². The number of aliphatic hydroxyl groups is 1. The van der Waals surface area contributed by atoms with Crippen molar-refractivity contribution < 1.29 is 19.6 Å². The van der Waals surface area contributed by atoms with E-state index >= 15 is 0 Å². The van der Waals surface area contributed by atoms with E-state index in [1.807, 2.05) is 6.07 Å². The third kappa shape index (κ3) is 5.71. The van der Waals surface area contributed by atoms with Gasteiger partial charge in [0.15, 0.2) is 11.8 Å². The molecule has 1 amide bonds. The van der Waals surface area contributed by atoms with E-state index in [1.165, 1.54) is 35.4 Å². The van der Waals surface area contributed by atoms with Crippen LogP contribution in [0.4, 0.5) is 5.69 Å². The van der Waals surface area contributed by atoms with Crippen LogP contribution in [0.25, 0.3) is 0 Å². The predicted octanol–water partition coefficient (Wildman–Crippen LogP) is 2.86. The Morgan fingerprint density at radius 2 is 1.82 bits per heavy atom. The summed E-state index contributed by atoms with van der Waals surface area (Å²) in [5, 5.41) is 20.8. The second-order valence-corrected chi connectivity index (χ2v) is 7.57. The highest BCUT2D eigenvalue weighted by Crippen LogP contribution is 2.22. The Kier molecular flexibility index (Phi) is 7.70. The molecule has 0 aliphatic heterocycles. The number of pyridine rings is 1. The van der Waals surface area contributed by atoms with E-state index in [4.69, 9.17) is 11.6 Å². The number of nitro benzene ring substituents is 1. The number of non-ortho nitro benzene ring substituents is 1. The molecule has 33 heavy (non-hydrogen) atoms. The van der Waals surface area contributed by atoms with Gasteiger partial charge in [-0.25, -0.2) is 0 Å². The molecule has 1 heterocycles. The molecule has 0 fully saturated rings. The smallest absolute Gasteiger partial charge is 0.270 e. The van der Waals surface area contributed by atoms with Gasteiger partial charge in [0, 0.05) is 43.0 Å². The highest BCUT2D eigenvalue weighted by molar-refractivity contribution is 6.30. The van der Waals surface area contributed by atoms with Gasteiger partial charge in [0.25, 0.3) is 17.2 Å². The maximum Gasteiger partial charge on any atom is 0.270 e. The van der Waals surface area contributed by atoms with Gasteiger partial charge in [-0.1, -0.05) is 54.1 Å². The number of amides is 1. The molecule has 0 saturated carbocycles. The normalized spacial score (nSPS) is 11.6. The Balaban J connectivity index is 2.09. The third-order valence-electron chi connectivity index (χ3n) is 4.90. The minimum atomic E-state index is -1.67. The van der Waals surface area contributed by atoms with Crippen molar-refractivity contribution in [3.8, 4) is 0 Å². The van der Waals surface area contributed by atoms with Crippen LogP contribution in [0, 0.1) is 10.1 Å². The van der Waals surface area contributed by atoms with E-state index in [0.717, 1.165) is 22.3 Å². The zero-order valence-corrected chi connectivity index (χ0v) is 18.1. The van der Waals surface area contributed by atoms with Crippen molar-refractivity contribution in [2.45, 2.75) is 12.6 Å². The second-order valence-electron chi connectivity index (χ2n) is 7.14. The van der Waals surface area contributed by atoms with Crippen molar-refractivity contribution in [2.75, 3.05) is 13.2 Å². The number of hydrogen-bond acceptors (Lipinski definition) is 6. The summed E-state index contributed by atoms with van der Waals surface area (Å²) in [6.45, 7) is -0.392. The van der Waals surface area contributed by atoms with Crippen molar-refractivity contribution in [3.05, 3.63) is 110 Å². The van der Waals surface area contributed by atoms with Gasteiger partial charge in [-0.3, -0.25) is 29.1 Å². The number of aromatic nitrogens is 1. The van der Waals surface area contributed by atoms with E-state index in [0.29, 0.717) is 0 Å². The van der Waals surface area contributed by atoms with Crippen LogP contribution in [0.3, 0.4) is 0 Å². The molecule has 3 aromatic rings. The van der Waals surface area contributed by atoms with Gasteiger partial charge in [0.1, 0.15) is 0 Å². The lowest BCUT2D eigenvalue weighted by atomic mass is 10.0. The fourth-order valence-corrected chi connectivity index (χ4v) is 3.50. The van der Waals surface area contributed by atoms with Crippen LogP contribution in [0.15, 0.2) is 77.7 Å². The van der Waals surface area contributed by atoms with Gasteiger partial charge < -0.3 is 10.0 Å². The Labute approximate surface area is 193 Å². The number of carbonyl (C=O) groups excluding carboxylic acids is 2. The molecule has 2 aromatic carbocycles. The number of hydrogen-bond donors (Lipinski definition) is 1. The molecule has 3 rings (SSSR count). The summed E-state index contributed by atoms with van der Waals surface area (Å²) in [7, 11) is 0. The number of nitro groups is 1. The first-order chi connectivity index (χ1) is 15.8. The van der Waals surface area contributed by atoms with Gasteiger partial charge in [-0.2, -0.15) is 0 Å². The highest BCUT2D eigenvalue weighted by atomic mass is 35.5. The molecule has 0 aliphatic carbocycles. The summed E-state index contributed by atoms with van der Waals surface area (Å²) >= 11 is 6.03. The quantitative estimate of drug-likeness (QED) is 0.222. The number of ketones is 1. The summed E-state index contributed by atoms with van der Waals surface area (Å²) in [6.07, 6.45) is 1.17. The zero-order valence-electron chi connectivity index (χ0n) is 17.3. The van der Waals surface area contributed by atoms with Crippen LogP contribution < -0.4 is 5.56 Å². The minimum Gasteiger partial charge on any atom is -0.395 e. The van der Waals surface area contributed by atoms with Crippen molar-refractivity contribution in [2.24, 2.45) is 0 Å². The largest absolute Gasteiger partial charge is 0.395 e. The molecule has 10 heteroatoms. The van der Waals surface area contributed by atoms with Crippen LogP contribution in [-0.4, -0.2) is 44.3 Å². The third-order valence-corrected chi connectivity index (χ3v) is 5.13. The Morgan fingerprint density at radius 1 is 1.09 bits per heavy atom. The van der Waals surface area contributed by atoms with Crippen molar-refractivity contribution >= 4 is 29.0 Å². The molecule has 0 spiro atoms. The van der Waals surface area contributed by atoms with E-state index in [1.54, 1.807) is 24.3 Å². The summed E-state index contributed by atoms with van der Waals surface area (Å²) in [6, 6.07) is 14.6. The Hall–Kier alpha value is -3.82. The lowest BCUT2D eigenvalue weighted by Crippen LogP contribution is -2.44. The van der Waals surface area contributed by atoms with Gasteiger partial charge in [0.2, 0.25) is 0 Å². The average molecular weight is 470 g/mol. The number of rotatable bonds is 9. The van der Waals surface area contributed by atoms with Crippen molar-refractivity contribution in [1.82, 2.24) is 9.47 Å². The van der Waals surface area contributed by atoms with Gasteiger partial charge in [-0.05, 0) is 11.6 Å². The predicted molar refractivity (Wildman–Crippen MR) is 121 cm³/mol. The van der Waals surface area contributed by atoms with Crippen molar-refractivity contribution in [3.63, 3.8) is 0 Å². The number of carbonyl (C=O) groups is 2. The second kappa shape index (κ2) is 10.7. The number of benzene rings is 2. The molecular weight excluding hydrogens is 450 g/mol. The first-order valence-electron chi connectivity index (χ1n) is 9.91. The first kappa shape index (κ1) is 23.8. The lowest BCUT2D eigenvalue weighted by Gasteiger charge is -2.27. The maximum absolute atomic E-state index is 13.6. The number of aliphatic hydroxyl groups excluding tert-OH is 1. The SMILES string of the molecule is O=C(c1cccc([N+](=O)[O-])c1)C(C(=O)N(CCO)Cc1ccccc1)n1cc(Cl)ccc1=O. The van der Waals surface area contributed by atoms with E-state index in [-0.39, 0.29) is 36.0 Å². The van der Waals surface area contributed by atoms with E-state index in [2.05, 4.69) is 0 Å². The molecule has 0 bridgehead atoms. The zero-order chi connectivity index (χ0) is 24.0. The molecular formula is C23H20ClN3O6. The molecule has 1 atom stereocenters. The molecule has 0 aliphatic rings. The number of halogens is 1. The molecule has 170 valence electrons. The summed E-state index contributed by atoms with van der Waals surface area (Å²) in [5.74, 6) is -1.57. The molecule has 1 N–H and O–H groups in total. The summed E-state index contributed by atoms with van der Waals surface area (Å²) in [4.78, 5) is 51.4. The van der Waals surface area contributed by atoms with Gasteiger partial charge in [-0.15, -0.1) is 0 Å². The standard InChI is InChI=1S/C23H20ClN3O6/c24-18-9-10-20(29)26(15-18)21(22(30)17-7-4-8-19(13-17)27(32)33)23(31)25(11-12-28)14-16-5-2-1-3-6-16/h1-10,13,15,21,28H,11-12,14H2. The molecule has 0 saturated heterocycles. The van der Waals surface area contributed by atoms with E-state index < -0.39 is 28.2 Å². The minimum absolute atomic E-state index is 0.0776. The summed E-state index contributed by atoms with van der Waals surface area (Å²) in [5.41, 5.74) is -0.348. The van der Waals surface area contributed by atoms with E-state index in [9.17, 15) is 29.6 Å². The summed E-state index contributed by atoms with van der Waals surface area (Å²) < 4.78 is 0.904. The Morgan fingerprint density at radius 3 is 2.48 bits per heavy atom. The van der Waals surface area contributed by atoms with Gasteiger partial charge >= 0.3 is 0 Å². The van der Waals surface area contributed by atoms with Crippen LogP contribution in [0.2, 0.25) is 5.02 Å². The number of nitrogens with zero attached hydrogens (tertiary/aromatic N) is 3. The van der Waals surface area contributed by atoms with Crippen molar-refractivity contribution in [1.29, 1.82) is 0 Å². The van der Waals surface area contributed by atoms with Crippen LogP contribution in [-0.2, 0) is 11.3 Å². The van der Waals surface area contributed by atoms with Gasteiger partial charge in [0.05, 0.1) is 16.6 Å². The topological polar surface area (TPSA) is 123 Å². The highest BCUT2D eigenvalue weighted by Gasteiger charge is 2.34. The average Bonchev–Trinajstić information content (AvgIpc) is 2.81. The molecule has 1 aromatic heterocycles. The first-order valence-corrected chi connectivity index (χ1v) is 10.3. The fourth-order valence-electron chi connectivity index (χ4n) is 3.33. The monoisotopic (exact) mass is 469 g/mol. The fraction of sp³-hybridized carbons (Fsp3) is 0.174. The molecule has 0 radical (unpaired) electrons. The Bertz CT molecular complexity index is 1230. The molecule has 1 unspecified atom stereocenters. The van der Waals surface area contributed by atoms with Crippen LogP contribution in [0.5, 0.6) is 0 Å². The number of Topliss-reactive ketones (excluding diaryl/α,β-unsaturated/α-hetero) is 1. The maximum atomic E-state index is 13.6.